The summed E-state index contributed by atoms with van der Waals surface area (Å²) in [6, 6.07) is 7.00. The standard InChI is InChI=1S/C14H19NO3/c1-2-18-14(17)13-4-3-9-15(13)10-11-5-7-12(16)8-6-11/h5-8,13,16H,2-4,9-10H2,1H3. The largest absolute Gasteiger partial charge is 0.508 e. The quantitative estimate of drug-likeness (QED) is 0.828. The molecule has 1 aliphatic heterocycles. The van der Waals surface area contributed by atoms with Crippen molar-refractivity contribution in [1.29, 1.82) is 0 Å². The number of hydrogen-bond donors (Lipinski definition) is 1. The van der Waals surface area contributed by atoms with Gasteiger partial charge in [-0.05, 0) is 44.0 Å². The Morgan fingerprint density at radius 3 is 2.83 bits per heavy atom. The van der Waals surface area contributed by atoms with Crippen LogP contribution in [-0.4, -0.2) is 35.2 Å². The first kappa shape index (κ1) is 12.9. The fraction of sp³-hybridized carbons (Fsp3) is 0.500. The SMILES string of the molecule is CCOC(=O)C1CCCN1Cc1ccc(O)cc1. The van der Waals surface area contributed by atoms with Gasteiger partial charge in [-0.25, -0.2) is 0 Å². The molecule has 0 aromatic heterocycles. The van der Waals surface area contributed by atoms with E-state index in [0.717, 1.165) is 31.5 Å². The van der Waals surface area contributed by atoms with Crippen molar-refractivity contribution in [2.24, 2.45) is 0 Å². The highest BCUT2D eigenvalue weighted by Gasteiger charge is 2.31. The third-order valence-corrected chi connectivity index (χ3v) is 3.24. The molecule has 1 aromatic carbocycles. The van der Waals surface area contributed by atoms with Crippen LogP contribution in [0.15, 0.2) is 24.3 Å². The van der Waals surface area contributed by atoms with E-state index in [2.05, 4.69) is 4.90 Å². The minimum absolute atomic E-state index is 0.112. The van der Waals surface area contributed by atoms with Gasteiger partial charge in [0, 0.05) is 6.54 Å². The van der Waals surface area contributed by atoms with E-state index in [0.29, 0.717) is 6.61 Å². The molecule has 1 heterocycles. The number of aromatic hydroxyl groups is 1. The summed E-state index contributed by atoms with van der Waals surface area (Å²) in [5, 5.41) is 9.24. The van der Waals surface area contributed by atoms with Crippen LogP contribution >= 0.6 is 0 Å². The van der Waals surface area contributed by atoms with Gasteiger partial charge in [0.2, 0.25) is 0 Å². The maximum atomic E-state index is 11.8. The number of esters is 1. The second kappa shape index (κ2) is 5.87. The number of likely N-dealkylation sites (tertiary alicyclic amines) is 1. The van der Waals surface area contributed by atoms with E-state index in [-0.39, 0.29) is 17.8 Å². The normalized spacial score (nSPS) is 19.9. The van der Waals surface area contributed by atoms with Crippen molar-refractivity contribution in [3.05, 3.63) is 29.8 Å². The number of rotatable bonds is 4. The molecule has 0 saturated carbocycles. The lowest BCUT2D eigenvalue weighted by Gasteiger charge is -2.22. The average Bonchev–Trinajstić information content (AvgIpc) is 2.81. The molecule has 0 spiro atoms. The number of carbonyl (C=O) groups is 1. The van der Waals surface area contributed by atoms with Gasteiger partial charge in [0.1, 0.15) is 11.8 Å². The third kappa shape index (κ3) is 3.01. The molecule has 2 rings (SSSR count). The molecule has 0 bridgehead atoms. The van der Waals surface area contributed by atoms with Crippen LogP contribution in [0.5, 0.6) is 5.75 Å². The summed E-state index contributed by atoms with van der Waals surface area (Å²) in [4.78, 5) is 13.9. The highest BCUT2D eigenvalue weighted by atomic mass is 16.5. The van der Waals surface area contributed by atoms with E-state index in [4.69, 9.17) is 4.74 Å². The predicted molar refractivity (Wildman–Crippen MR) is 68.2 cm³/mol. The van der Waals surface area contributed by atoms with Gasteiger partial charge in [-0.15, -0.1) is 0 Å². The molecule has 1 unspecified atom stereocenters. The van der Waals surface area contributed by atoms with Gasteiger partial charge in [0.25, 0.3) is 0 Å². The van der Waals surface area contributed by atoms with Gasteiger partial charge in [-0.1, -0.05) is 12.1 Å². The number of phenolic OH excluding ortho intramolecular Hbond substituents is 1. The van der Waals surface area contributed by atoms with E-state index in [1.165, 1.54) is 0 Å². The van der Waals surface area contributed by atoms with Crippen molar-refractivity contribution in [2.45, 2.75) is 32.4 Å². The molecule has 4 heteroatoms. The maximum absolute atomic E-state index is 11.8. The molecular weight excluding hydrogens is 230 g/mol. The van der Waals surface area contributed by atoms with E-state index < -0.39 is 0 Å². The third-order valence-electron chi connectivity index (χ3n) is 3.24. The highest BCUT2D eigenvalue weighted by molar-refractivity contribution is 5.76. The molecular formula is C14H19NO3. The molecule has 0 amide bonds. The summed E-state index contributed by atoms with van der Waals surface area (Å²) in [7, 11) is 0. The smallest absolute Gasteiger partial charge is 0.323 e. The van der Waals surface area contributed by atoms with Gasteiger partial charge in [0.15, 0.2) is 0 Å². The van der Waals surface area contributed by atoms with Crippen molar-refractivity contribution in [1.82, 2.24) is 4.90 Å². The fourth-order valence-corrected chi connectivity index (χ4v) is 2.36. The first-order chi connectivity index (χ1) is 8.70. The van der Waals surface area contributed by atoms with Crippen LogP contribution < -0.4 is 0 Å². The van der Waals surface area contributed by atoms with Gasteiger partial charge < -0.3 is 9.84 Å². The molecule has 0 aliphatic carbocycles. The van der Waals surface area contributed by atoms with Crippen LogP contribution in [-0.2, 0) is 16.1 Å². The molecule has 0 radical (unpaired) electrons. The van der Waals surface area contributed by atoms with Gasteiger partial charge >= 0.3 is 5.97 Å². The monoisotopic (exact) mass is 249 g/mol. The zero-order chi connectivity index (χ0) is 13.0. The molecule has 1 aromatic rings. The Bertz CT molecular complexity index is 402. The zero-order valence-electron chi connectivity index (χ0n) is 10.6. The summed E-state index contributed by atoms with van der Waals surface area (Å²) < 4.78 is 5.09. The Labute approximate surface area is 107 Å². The topological polar surface area (TPSA) is 49.8 Å². The lowest BCUT2D eigenvalue weighted by Crippen LogP contribution is -2.36. The number of benzene rings is 1. The Hall–Kier alpha value is -1.55. The molecule has 4 nitrogen and oxygen atoms in total. The second-order valence-electron chi connectivity index (χ2n) is 4.55. The summed E-state index contributed by atoms with van der Waals surface area (Å²) in [5.74, 6) is 0.149. The van der Waals surface area contributed by atoms with Crippen molar-refractivity contribution in [3.8, 4) is 5.75 Å². The van der Waals surface area contributed by atoms with Crippen LogP contribution in [0.3, 0.4) is 0 Å². The minimum atomic E-state index is -0.117. The van der Waals surface area contributed by atoms with Gasteiger partial charge in [-0.3, -0.25) is 9.69 Å². The molecule has 18 heavy (non-hydrogen) atoms. The second-order valence-corrected chi connectivity index (χ2v) is 4.55. The fourth-order valence-electron chi connectivity index (χ4n) is 2.36. The van der Waals surface area contributed by atoms with E-state index >= 15 is 0 Å². The summed E-state index contributed by atoms with van der Waals surface area (Å²) in [6.45, 7) is 3.91. The number of phenols is 1. The van der Waals surface area contributed by atoms with E-state index in [9.17, 15) is 9.90 Å². The van der Waals surface area contributed by atoms with Crippen LogP contribution in [0.1, 0.15) is 25.3 Å². The summed E-state index contributed by atoms with van der Waals surface area (Å²) in [5.41, 5.74) is 1.10. The van der Waals surface area contributed by atoms with Crippen molar-refractivity contribution < 1.29 is 14.6 Å². The lowest BCUT2D eigenvalue weighted by atomic mass is 10.2. The Kier molecular flexibility index (Phi) is 4.20. The Morgan fingerprint density at radius 2 is 2.17 bits per heavy atom. The highest BCUT2D eigenvalue weighted by Crippen LogP contribution is 2.22. The van der Waals surface area contributed by atoms with Crippen LogP contribution in [0.2, 0.25) is 0 Å². The average molecular weight is 249 g/mol. The number of ether oxygens (including phenoxy) is 1. The molecule has 1 N–H and O–H groups in total. The predicted octanol–water partition coefficient (Wildman–Crippen LogP) is 1.92. The van der Waals surface area contributed by atoms with Crippen molar-refractivity contribution >= 4 is 5.97 Å². The molecule has 1 aliphatic rings. The number of hydrogen-bond acceptors (Lipinski definition) is 4. The van der Waals surface area contributed by atoms with Crippen LogP contribution in [0.25, 0.3) is 0 Å². The van der Waals surface area contributed by atoms with Crippen LogP contribution in [0, 0.1) is 0 Å². The molecule has 1 fully saturated rings. The Morgan fingerprint density at radius 1 is 1.44 bits per heavy atom. The van der Waals surface area contributed by atoms with Crippen molar-refractivity contribution in [2.75, 3.05) is 13.2 Å². The molecule has 98 valence electrons. The lowest BCUT2D eigenvalue weighted by molar-refractivity contribution is -0.148. The maximum Gasteiger partial charge on any atom is 0.323 e. The molecule has 1 atom stereocenters. The number of nitrogens with zero attached hydrogens (tertiary/aromatic N) is 1. The van der Waals surface area contributed by atoms with Crippen LogP contribution in [0.4, 0.5) is 0 Å². The first-order valence-electron chi connectivity index (χ1n) is 6.39. The van der Waals surface area contributed by atoms with Crippen molar-refractivity contribution in [3.63, 3.8) is 0 Å². The minimum Gasteiger partial charge on any atom is -0.508 e. The van der Waals surface area contributed by atoms with Gasteiger partial charge in [0.05, 0.1) is 6.61 Å². The zero-order valence-corrected chi connectivity index (χ0v) is 10.6. The summed E-state index contributed by atoms with van der Waals surface area (Å²) >= 11 is 0. The first-order valence-corrected chi connectivity index (χ1v) is 6.39. The van der Waals surface area contributed by atoms with E-state index in [1.54, 1.807) is 12.1 Å². The Balaban J connectivity index is 1.99. The molecule has 1 saturated heterocycles. The van der Waals surface area contributed by atoms with Gasteiger partial charge in [-0.2, -0.15) is 0 Å². The summed E-state index contributed by atoms with van der Waals surface area (Å²) in [6.07, 6.45) is 1.90. The number of carbonyl (C=O) groups excluding carboxylic acids is 1. The van der Waals surface area contributed by atoms with E-state index in [1.807, 2.05) is 19.1 Å².